The van der Waals surface area contributed by atoms with Crippen LogP contribution in [0.3, 0.4) is 0 Å². The summed E-state index contributed by atoms with van der Waals surface area (Å²) in [6, 6.07) is 0. The predicted molar refractivity (Wildman–Crippen MR) is 73.5 cm³/mol. The molecule has 0 bridgehead atoms. The van der Waals surface area contributed by atoms with Gasteiger partial charge in [0, 0.05) is 24.1 Å². The number of thioether (sulfide) groups is 1. The van der Waals surface area contributed by atoms with Gasteiger partial charge in [0.05, 0.1) is 4.47 Å². The molecule has 1 aromatic rings. The van der Waals surface area contributed by atoms with Gasteiger partial charge in [-0.3, -0.25) is 0 Å². The van der Waals surface area contributed by atoms with E-state index in [2.05, 4.69) is 37.7 Å². The summed E-state index contributed by atoms with van der Waals surface area (Å²) in [5, 5.41) is 1.17. The van der Waals surface area contributed by atoms with Crippen LogP contribution in [-0.4, -0.2) is 34.1 Å². The first-order valence-electron chi connectivity index (χ1n) is 5.25. The first-order chi connectivity index (χ1) is 7.72. The number of aromatic nitrogens is 2. The molecule has 0 N–H and O–H groups in total. The standard InChI is InChI=1S/C10H13BrClN3S/c1-2-7-5-15(3-4-16-7)10-8(11)9(12)13-6-14-10/h6-7H,2-5H2,1H3. The molecular weight excluding hydrogens is 310 g/mol. The van der Waals surface area contributed by atoms with Gasteiger partial charge in [0.1, 0.15) is 17.3 Å². The van der Waals surface area contributed by atoms with Crippen molar-refractivity contribution in [2.45, 2.75) is 18.6 Å². The van der Waals surface area contributed by atoms with Crippen LogP contribution in [0, 0.1) is 0 Å². The Morgan fingerprint density at radius 1 is 1.62 bits per heavy atom. The molecule has 1 aliphatic rings. The second kappa shape index (κ2) is 5.56. The Hall–Kier alpha value is -0.000000000000000222. The summed E-state index contributed by atoms with van der Waals surface area (Å²) in [4.78, 5) is 10.5. The van der Waals surface area contributed by atoms with E-state index in [1.54, 1.807) is 0 Å². The Balaban J connectivity index is 2.20. The highest BCUT2D eigenvalue weighted by atomic mass is 79.9. The summed E-state index contributed by atoms with van der Waals surface area (Å²) >= 11 is 11.5. The van der Waals surface area contributed by atoms with Crippen LogP contribution in [0.1, 0.15) is 13.3 Å². The van der Waals surface area contributed by atoms with Crippen molar-refractivity contribution in [1.29, 1.82) is 0 Å². The fourth-order valence-corrected chi connectivity index (χ4v) is 3.48. The lowest BCUT2D eigenvalue weighted by Crippen LogP contribution is -2.38. The number of hydrogen-bond acceptors (Lipinski definition) is 4. The maximum atomic E-state index is 5.97. The lowest BCUT2D eigenvalue weighted by atomic mass is 10.3. The van der Waals surface area contributed by atoms with Crippen LogP contribution in [0.15, 0.2) is 10.8 Å². The summed E-state index contributed by atoms with van der Waals surface area (Å²) in [6.45, 7) is 4.28. The number of hydrogen-bond donors (Lipinski definition) is 0. The third-order valence-corrected chi connectivity index (χ3v) is 5.24. The summed E-state index contributed by atoms with van der Waals surface area (Å²) < 4.78 is 0.804. The lowest BCUT2D eigenvalue weighted by Gasteiger charge is -2.33. The largest absolute Gasteiger partial charge is 0.354 e. The molecule has 2 rings (SSSR count). The Labute approximate surface area is 113 Å². The van der Waals surface area contributed by atoms with Crippen molar-refractivity contribution >= 4 is 45.1 Å². The van der Waals surface area contributed by atoms with Gasteiger partial charge in [-0.15, -0.1) is 0 Å². The molecule has 1 fully saturated rings. The molecule has 1 unspecified atom stereocenters. The van der Waals surface area contributed by atoms with Crippen molar-refractivity contribution in [3.63, 3.8) is 0 Å². The quantitative estimate of drug-likeness (QED) is 0.782. The Bertz CT molecular complexity index is 377. The maximum absolute atomic E-state index is 5.97. The van der Waals surface area contributed by atoms with Gasteiger partial charge in [0.15, 0.2) is 0 Å². The Morgan fingerprint density at radius 3 is 3.19 bits per heavy atom. The van der Waals surface area contributed by atoms with E-state index in [9.17, 15) is 0 Å². The van der Waals surface area contributed by atoms with E-state index in [0.717, 1.165) is 29.1 Å². The van der Waals surface area contributed by atoms with Gasteiger partial charge in [0.25, 0.3) is 0 Å². The molecule has 1 aliphatic heterocycles. The van der Waals surface area contributed by atoms with Crippen LogP contribution in [0.2, 0.25) is 5.15 Å². The molecule has 16 heavy (non-hydrogen) atoms. The van der Waals surface area contributed by atoms with Crippen LogP contribution in [0.5, 0.6) is 0 Å². The van der Waals surface area contributed by atoms with Crippen LogP contribution < -0.4 is 4.90 Å². The van der Waals surface area contributed by atoms with Gasteiger partial charge in [-0.2, -0.15) is 11.8 Å². The molecule has 0 aliphatic carbocycles. The SMILES string of the molecule is CCC1CN(c2ncnc(Cl)c2Br)CCS1. The molecule has 0 saturated carbocycles. The molecule has 1 saturated heterocycles. The normalized spacial score (nSPS) is 21.2. The van der Waals surface area contributed by atoms with Gasteiger partial charge in [-0.25, -0.2) is 9.97 Å². The lowest BCUT2D eigenvalue weighted by molar-refractivity contribution is 0.717. The summed E-state index contributed by atoms with van der Waals surface area (Å²) in [5.41, 5.74) is 0. The van der Waals surface area contributed by atoms with E-state index >= 15 is 0 Å². The molecule has 0 aromatic carbocycles. The van der Waals surface area contributed by atoms with E-state index in [1.165, 1.54) is 12.7 Å². The third-order valence-electron chi connectivity index (χ3n) is 2.62. The average molecular weight is 323 g/mol. The van der Waals surface area contributed by atoms with Crippen LogP contribution >= 0.6 is 39.3 Å². The smallest absolute Gasteiger partial charge is 0.148 e. The molecule has 0 radical (unpaired) electrons. The van der Waals surface area contributed by atoms with Crippen molar-refractivity contribution in [3.05, 3.63) is 16.0 Å². The minimum absolute atomic E-state index is 0.483. The number of anilines is 1. The van der Waals surface area contributed by atoms with Crippen LogP contribution in [-0.2, 0) is 0 Å². The van der Waals surface area contributed by atoms with Crippen LogP contribution in [0.4, 0.5) is 5.82 Å². The molecule has 0 spiro atoms. The molecule has 1 aromatic heterocycles. The molecule has 88 valence electrons. The molecule has 3 nitrogen and oxygen atoms in total. The van der Waals surface area contributed by atoms with Crippen LogP contribution in [0.25, 0.3) is 0 Å². The highest BCUT2D eigenvalue weighted by molar-refractivity contribution is 9.10. The second-order valence-electron chi connectivity index (χ2n) is 3.65. The molecule has 1 atom stereocenters. The van der Waals surface area contributed by atoms with E-state index in [-0.39, 0.29) is 0 Å². The Kier molecular flexibility index (Phi) is 4.33. The predicted octanol–water partition coefficient (Wildman–Crippen LogP) is 3.22. The maximum Gasteiger partial charge on any atom is 0.148 e. The summed E-state index contributed by atoms with van der Waals surface area (Å²) in [5.74, 6) is 2.06. The van der Waals surface area contributed by atoms with Crippen molar-refractivity contribution in [2.75, 3.05) is 23.7 Å². The minimum Gasteiger partial charge on any atom is -0.354 e. The van der Waals surface area contributed by atoms with Crippen molar-refractivity contribution in [3.8, 4) is 0 Å². The van der Waals surface area contributed by atoms with E-state index in [1.807, 2.05) is 11.8 Å². The molecule has 0 amide bonds. The number of nitrogens with zero attached hydrogens (tertiary/aromatic N) is 3. The zero-order chi connectivity index (χ0) is 11.5. The van der Waals surface area contributed by atoms with E-state index in [4.69, 9.17) is 11.6 Å². The Morgan fingerprint density at radius 2 is 2.44 bits per heavy atom. The van der Waals surface area contributed by atoms with E-state index < -0.39 is 0 Å². The average Bonchev–Trinajstić information content (AvgIpc) is 2.33. The highest BCUT2D eigenvalue weighted by Gasteiger charge is 2.22. The third kappa shape index (κ3) is 2.63. The molecule has 6 heteroatoms. The first-order valence-corrected chi connectivity index (χ1v) is 7.47. The van der Waals surface area contributed by atoms with E-state index in [0.29, 0.717) is 10.4 Å². The van der Waals surface area contributed by atoms with Gasteiger partial charge < -0.3 is 4.90 Å². The zero-order valence-corrected chi connectivity index (χ0v) is 12.1. The second-order valence-corrected chi connectivity index (χ2v) is 6.21. The number of halogens is 2. The minimum atomic E-state index is 0.483. The topological polar surface area (TPSA) is 29.0 Å². The van der Waals surface area contributed by atoms with Gasteiger partial charge >= 0.3 is 0 Å². The fraction of sp³-hybridized carbons (Fsp3) is 0.600. The number of rotatable bonds is 2. The van der Waals surface area contributed by atoms with Gasteiger partial charge in [0.2, 0.25) is 0 Å². The highest BCUT2D eigenvalue weighted by Crippen LogP contribution is 2.32. The first kappa shape index (κ1) is 12.5. The molecular formula is C10H13BrClN3S. The zero-order valence-electron chi connectivity index (χ0n) is 8.99. The van der Waals surface area contributed by atoms with Crippen molar-refractivity contribution < 1.29 is 0 Å². The van der Waals surface area contributed by atoms with Crippen molar-refractivity contribution in [1.82, 2.24) is 9.97 Å². The van der Waals surface area contributed by atoms with Gasteiger partial charge in [-0.05, 0) is 22.4 Å². The fourth-order valence-electron chi connectivity index (χ4n) is 1.72. The van der Waals surface area contributed by atoms with Gasteiger partial charge in [-0.1, -0.05) is 18.5 Å². The molecule has 2 heterocycles. The van der Waals surface area contributed by atoms with Crippen molar-refractivity contribution in [2.24, 2.45) is 0 Å². The monoisotopic (exact) mass is 321 g/mol. The summed E-state index contributed by atoms with van der Waals surface area (Å²) in [7, 11) is 0. The summed E-state index contributed by atoms with van der Waals surface area (Å²) in [6.07, 6.45) is 2.71.